The Morgan fingerprint density at radius 1 is 1.40 bits per heavy atom. The van der Waals surface area contributed by atoms with Gasteiger partial charge in [0, 0.05) is 18.8 Å². The van der Waals surface area contributed by atoms with Crippen LogP contribution in [0.15, 0.2) is 30.9 Å². The predicted octanol–water partition coefficient (Wildman–Crippen LogP) is 2.58. The van der Waals surface area contributed by atoms with Crippen molar-refractivity contribution in [1.29, 1.82) is 0 Å². The van der Waals surface area contributed by atoms with E-state index in [0.717, 1.165) is 18.5 Å². The largest absolute Gasteiger partial charge is 0.395 e. The predicted molar refractivity (Wildman–Crippen MR) is 81.0 cm³/mol. The van der Waals surface area contributed by atoms with Gasteiger partial charge in [0.1, 0.15) is 0 Å². The van der Waals surface area contributed by atoms with Gasteiger partial charge in [-0.25, -0.2) is 4.79 Å². The van der Waals surface area contributed by atoms with Crippen molar-refractivity contribution in [3.05, 3.63) is 42.0 Å². The molecule has 4 nitrogen and oxygen atoms in total. The SMILES string of the molecule is C=CCN(CCO)C(=O)Nc1cccc2c1CCCC2. The molecule has 20 heavy (non-hydrogen) atoms. The normalized spacial score (nSPS) is 13.4. The molecule has 0 spiro atoms. The third kappa shape index (κ3) is 3.39. The van der Waals surface area contributed by atoms with Crippen molar-refractivity contribution in [3.63, 3.8) is 0 Å². The molecule has 1 aliphatic carbocycles. The fourth-order valence-electron chi connectivity index (χ4n) is 2.64. The number of hydrogen-bond donors (Lipinski definition) is 2. The Hall–Kier alpha value is -1.81. The van der Waals surface area contributed by atoms with Crippen LogP contribution in [0.25, 0.3) is 0 Å². The van der Waals surface area contributed by atoms with E-state index in [9.17, 15) is 4.79 Å². The molecule has 0 atom stereocenters. The Balaban J connectivity index is 2.12. The Morgan fingerprint density at radius 3 is 2.95 bits per heavy atom. The zero-order valence-corrected chi connectivity index (χ0v) is 11.8. The van der Waals surface area contributed by atoms with Crippen LogP contribution in [0.1, 0.15) is 24.0 Å². The monoisotopic (exact) mass is 274 g/mol. The number of nitrogens with zero attached hydrogens (tertiary/aromatic N) is 1. The molecule has 108 valence electrons. The number of fused-ring (bicyclic) bond motifs is 1. The molecule has 0 unspecified atom stereocenters. The number of carbonyl (C=O) groups excluding carboxylic acids is 1. The van der Waals surface area contributed by atoms with E-state index in [1.165, 1.54) is 24.0 Å². The number of rotatable bonds is 5. The number of amides is 2. The molecule has 0 saturated carbocycles. The molecule has 0 bridgehead atoms. The number of benzene rings is 1. The van der Waals surface area contributed by atoms with E-state index in [1.807, 2.05) is 12.1 Å². The number of nitrogens with one attached hydrogen (secondary N) is 1. The van der Waals surface area contributed by atoms with Gasteiger partial charge in [-0.1, -0.05) is 18.2 Å². The second kappa shape index (κ2) is 7.10. The second-order valence-corrected chi connectivity index (χ2v) is 5.04. The zero-order chi connectivity index (χ0) is 14.4. The van der Waals surface area contributed by atoms with Crippen LogP contribution in [-0.2, 0) is 12.8 Å². The molecule has 0 heterocycles. The van der Waals surface area contributed by atoms with Gasteiger partial charge < -0.3 is 15.3 Å². The fraction of sp³-hybridized carbons (Fsp3) is 0.438. The van der Waals surface area contributed by atoms with Crippen molar-refractivity contribution in [2.75, 3.05) is 25.0 Å². The summed E-state index contributed by atoms with van der Waals surface area (Å²) in [6.45, 7) is 4.34. The van der Waals surface area contributed by atoms with Gasteiger partial charge in [0.2, 0.25) is 0 Å². The van der Waals surface area contributed by atoms with Crippen LogP contribution in [0.2, 0.25) is 0 Å². The first-order valence-electron chi connectivity index (χ1n) is 7.14. The maximum Gasteiger partial charge on any atom is 0.322 e. The number of aliphatic hydroxyl groups excluding tert-OH is 1. The van der Waals surface area contributed by atoms with Gasteiger partial charge in [-0.15, -0.1) is 6.58 Å². The van der Waals surface area contributed by atoms with Crippen LogP contribution in [-0.4, -0.2) is 35.7 Å². The van der Waals surface area contributed by atoms with E-state index in [-0.39, 0.29) is 12.6 Å². The highest BCUT2D eigenvalue weighted by molar-refractivity contribution is 5.90. The lowest BCUT2D eigenvalue weighted by atomic mass is 9.90. The van der Waals surface area contributed by atoms with E-state index < -0.39 is 0 Å². The quantitative estimate of drug-likeness (QED) is 0.811. The number of aliphatic hydroxyl groups is 1. The molecule has 2 amide bonds. The lowest BCUT2D eigenvalue weighted by Gasteiger charge is -2.24. The average molecular weight is 274 g/mol. The van der Waals surface area contributed by atoms with Gasteiger partial charge >= 0.3 is 6.03 Å². The fourth-order valence-corrected chi connectivity index (χ4v) is 2.64. The van der Waals surface area contributed by atoms with Gasteiger partial charge in [-0.2, -0.15) is 0 Å². The molecular formula is C16H22N2O2. The molecule has 0 fully saturated rings. The Morgan fingerprint density at radius 2 is 2.20 bits per heavy atom. The molecule has 1 aromatic carbocycles. The summed E-state index contributed by atoms with van der Waals surface area (Å²) in [5.74, 6) is 0. The minimum Gasteiger partial charge on any atom is -0.395 e. The summed E-state index contributed by atoms with van der Waals surface area (Å²) in [5, 5.41) is 12.0. The smallest absolute Gasteiger partial charge is 0.322 e. The van der Waals surface area contributed by atoms with Gasteiger partial charge in [0.25, 0.3) is 0 Å². The highest BCUT2D eigenvalue weighted by Crippen LogP contribution is 2.27. The summed E-state index contributed by atoms with van der Waals surface area (Å²) in [6, 6.07) is 5.90. The number of anilines is 1. The van der Waals surface area contributed by atoms with E-state index >= 15 is 0 Å². The van der Waals surface area contributed by atoms with Crippen molar-refractivity contribution >= 4 is 11.7 Å². The summed E-state index contributed by atoms with van der Waals surface area (Å²) in [4.78, 5) is 13.8. The van der Waals surface area contributed by atoms with Gasteiger partial charge in [0.15, 0.2) is 0 Å². The maximum atomic E-state index is 12.2. The van der Waals surface area contributed by atoms with Crippen LogP contribution in [0, 0.1) is 0 Å². The molecule has 0 saturated heterocycles. The first-order valence-corrected chi connectivity index (χ1v) is 7.14. The van der Waals surface area contributed by atoms with E-state index in [4.69, 9.17) is 5.11 Å². The van der Waals surface area contributed by atoms with Crippen LogP contribution in [0.3, 0.4) is 0 Å². The lowest BCUT2D eigenvalue weighted by Crippen LogP contribution is -2.37. The number of urea groups is 1. The summed E-state index contributed by atoms with van der Waals surface area (Å²) in [5.41, 5.74) is 3.50. The van der Waals surface area contributed by atoms with Gasteiger partial charge in [0.05, 0.1) is 6.61 Å². The maximum absolute atomic E-state index is 12.2. The molecule has 0 aliphatic heterocycles. The zero-order valence-electron chi connectivity index (χ0n) is 11.8. The van der Waals surface area contributed by atoms with Crippen LogP contribution in [0.5, 0.6) is 0 Å². The Bertz CT molecular complexity index is 485. The van der Waals surface area contributed by atoms with Gasteiger partial charge in [-0.3, -0.25) is 0 Å². The standard InChI is InChI=1S/C16H22N2O2/c1-2-10-18(11-12-19)16(20)17-15-9-5-7-13-6-3-4-8-14(13)15/h2,5,7,9,19H,1,3-4,6,8,10-12H2,(H,17,20). The van der Waals surface area contributed by atoms with Crippen molar-refractivity contribution in [2.45, 2.75) is 25.7 Å². The minimum atomic E-state index is -0.182. The molecule has 1 aliphatic rings. The molecule has 2 rings (SSSR count). The lowest BCUT2D eigenvalue weighted by molar-refractivity contribution is 0.195. The minimum absolute atomic E-state index is 0.0475. The van der Waals surface area contributed by atoms with Crippen molar-refractivity contribution in [2.24, 2.45) is 0 Å². The average Bonchev–Trinajstić information content (AvgIpc) is 2.47. The summed E-state index contributed by atoms with van der Waals surface area (Å²) < 4.78 is 0. The van der Waals surface area contributed by atoms with Gasteiger partial charge in [-0.05, 0) is 42.9 Å². The molecule has 0 radical (unpaired) electrons. The molecule has 4 heteroatoms. The summed E-state index contributed by atoms with van der Waals surface area (Å²) >= 11 is 0. The highest BCUT2D eigenvalue weighted by atomic mass is 16.3. The van der Waals surface area contributed by atoms with Crippen molar-refractivity contribution < 1.29 is 9.90 Å². The molecular weight excluding hydrogens is 252 g/mol. The number of aryl methyl sites for hydroxylation is 1. The summed E-state index contributed by atoms with van der Waals surface area (Å²) in [6.07, 6.45) is 6.17. The van der Waals surface area contributed by atoms with E-state index in [1.54, 1.807) is 11.0 Å². The Labute approximate surface area is 120 Å². The molecule has 2 N–H and O–H groups in total. The van der Waals surface area contributed by atoms with Crippen molar-refractivity contribution in [3.8, 4) is 0 Å². The van der Waals surface area contributed by atoms with Crippen LogP contribution in [0.4, 0.5) is 10.5 Å². The first-order chi connectivity index (χ1) is 9.76. The summed E-state index contributed by atoms with van der Waals surface area (Å²) in [7, 11) is 0. The second-order valence-electron chi connectivity index (χ2n) is 5.04. The third-order valence-corrected chi connectivity index (χ3v) is 3.64. The van der Waals surface area contributed by atoms with Crippen LogP contribution >= 0.6 is 0 Å². The topological polar surface area (TPSA) is 52.6 Å². The number of hydrogen-bond acceptors (Lipinski definition) is 2. The third-order valence-electron chi connectivity index (χ3n) is 3.64. The molecule has 1 aromatic rings. The van der Waals surface area contributed by atoms with E-state index in [0.29, 0.717) is 13.1 Å². The highest BCUT2D eigenvalue weighted by Gasteiger charge is 2.17. The van der Waals surface area contributed by atoms with E-state index in [2.05, 4.69) is 18.0 Å². The molecule has 0 aromatic heterocycles. The van der Waals surface area contributed by atoms with Crippen molar-refractivity contribution in [1.82, 2.24) is 4.90 Å². The first kappa shape index (κ1) is 14.6. The Kier molecular flexibility index (Phi) is 5.18. The van der Waals surface area contributed by atoms with Crippen LogP contribution < -0.4 is 5.32 Å². The number of carbonyl (C=O) groups is 1.